The van der Waals surface area contributed by atoms with Crippen LogP contribution in [0.15, 0.2) is 39.8 Å². The quantitative estimate of drug-likeness (QED) is 0.664. The number of rotatable bonds is 4. The van der Waals surface area contributed by atoms with E-state index in [1.807, 2.05) is 32.0 Å². The minimum atomic E-state index is -0.0772. The molecule has 1 amide bonds. The number of benzene rings is 1. The second-order valence-corrected chi connectivity index (χ2v) is 5.23. The lowest BCUT2D eigenvalue weighted by Gasteiger charge is -2.10. The first kappa shape index (κ1) is 13.5. The van der Waals surface area contributed by atoms with Gasteiger partial charge in [-0.15, -0.1) is 11.8 Å². The Morgan fingerprint density at radius 2 is 2.16 bits per heavy atom. The Labute approximate surface area is 116 Å². The van der Waals surface area contributed by atoms with Crippen LogP contribution in [0.1, 0.15) is 11.3 Å². The van der Waals surface area contributed by atoms with Crippen LogP contribution in [0.4, 0.5) is 11.4 Å². The fraction of sp³-hybridized carbons (Fsp3) is 0.214. The number of carbonyl (C=O) groups excluding carboxylic acids is 1. The Hall–Kier alpha value is -1.88. The number of carbonyl (C=O) groups is 1. The average Bonchev–Trinajstić information content (AvgIpc) is 2.77. The van der Waals surface area contributed by atoms with Crippen LogP contribution in [0.3, 0.4) is 0 Å². The van der Waals surface area contributed by atoms with Gasteiger partial charge in [-0.25, -0.2) is 0 Å². The monoisotopic (exact) mass is 276 g/mol. The molecule has 0 radical (unpaired) electrons. The van der Waals surface area contributed by atoms with Gasteiger partial charge in [0.25, 0.3) is 0 Å². The highest BCUT2D eigenvalue weighted by Gasteiger charge is 2.09. The van der Waals surface area contributed by atoms with E-state index in [4.69, 9.17) is 10.2 Å². The van der Waals surface area contributed by atoms with E-state index in [1.165, 1.54) is 11.8 Å². The molecule has 0 aliphatic heterocycles. The van der Waals surface area contributed by atoms with Gasteiger partial charge in [-0.3, -0.25) is 4.79 Å². The van der Waals surface area contributed by atoms with E-state index in [0.717, 1.165) is 16.2 Å². The summed E-state index contributed by atoms with van der Waals surface area (Å²) in [5, 5.41) is 2.84. The third-order valence-electron chi connectivity index (χ3n) is 2.74. The third-order valence-corrected chi connectivity index (χ3v) is 3.88. The van der Waals surface area contributed by atoms with Gasteiger partial charge in [0.1, 0.15) is 5.76 Å². The summed E-state index contributed by atoms with van der Waals surface area (Å²) < 4.78 is 5.18. The van der Waals surface area contributed by atoms with Crippen molar-refractivity contribution in [1.82, 2.24) is 0 Å². The maximum Gasteiger partial charge on any atom is 0.234 e. The lowest BCUT2D eigenvalue weighted by Crippen LogP contribution is -2.16. The Bertz CT molecular complexity index is 573. The second-order valence-electron chi connectivity index (χ2n) is 4.22. The molecule has 1 heterocycles. The van der Waals surface area contributed by atoms with E-state index in [0.29, 0.717) is 17.1 Å². The molecule has 0 fully saturated rings. The summed E-state index contributed by atoms with van der Waals surface area (Å²) in [5.41, 5.74) is 8.08. The van der Waals surface area contributed by atoms with Crippen molar-refractivity contribution in [3.8, 4) is 0 Å². The molecule has 2 aromatic rings. The molecular weight excluding hydrogens is 260 g/mol. The van der Waals surface area contributed by atoms with Gasteiger partial charge >= 0.3 is 0 Å². The summed E-state index contributed by atoms with van der Waals surface area (Å²) in [4.78, 5) is 12.9. The third kappa shape index (κ3) is 3.32. The second kappa shape index (κ2) is 5.84. The fourth-order valence-electron chi connectivity index (χ4n) is 1.70. The first-order chi connectivity index (χ1) is 9.08. The zero-order chi connectivity index (χ0) is 13.8. The van der Waals surface area contributed by atoms with E-state index in [-0.39, 0.29) is 5.91 Å². The van der Waals surface area contributed by atoms with Gasteiger partial charge < -0.3 is 15.5 Å². The molecule has 3 N–H and O–H groups in total. The van der Waals surface area contributed by atoms with Crippen molar-refractivity contribution in [3.63, 3.8) is 0 Å². The molecule has 0 aliphatic carbocycles. The maximum atomic E-state index is 11.9. The number of nitrogen functional groups attached to an aromatic ring is 1. The van der Waals surface area contributed by atoms with Crippen LogP contribution in [0.25, 0.3) is 0 Å². The highest BCUT2D eigenvalue weighted by Crippen LogP contribution is 2.25. The first-order valence-corrected chi connectivity index (χ1v) is 6.88. The standard InChI is InChI=1S/C14H16N2O2S/c1-9-4-3-5-11(15)14(9)16-13(17)8-19-12-6-7-18-10(12)2/h3-7H,8,15H2,1-2H3,(H,16,17). The predicted molar refractivity (Wildman–Crippen MR) is 78.4 cm³/mol. The van der Waals surface area contributed by atoms with E-state index in [9.17, 15) is 4.79 Å². The highest BCUT2D eigenvalue weighted by atomic mass is 32.2. The molecule has 0 spiro atoms. The number of furan rings is 1. The molecule has 2 rings (SSSR count). The Morgan fingerprint density at radius 3 is 2.79 bits per heavy atom. The van der Waals surface area contributed by atoms with Crippen molar-refractivity contribution < 1.29 is 9.21 Å². The molecule has 4 nitrogen and oxygen atoms in total. The van der Waals surface area contributed by atoms with Crippen LogP contribution >= 0.6 is 11.8 Å². The lowest BCUT2D eigenvalue weighted by molar-refractivity contribution is -0.113. The molecule has 1 aromatic heterocycles. The van der Waals surface area contributed by atoms with Crippen LogP contribution in [0, 0.1) is 13.8 Å². The SMILES string of the molecule is Cc1cccc(N)c1NC(=O)CSc1ccoc1C. The van der Waals surface area contributed by atoms with Crippen molar-refractivity contribution in [1.29, 1.82) is 0 Å². The Kier molecular flexibility index (Phi) is 4.16. The van der Waals surface area contributed by atoms with Gasteiger partial charge in [0, 0.05) is 4.90 Å². The van der Waals surface area contributed by atoms with Crippen molar-refractivity contribution in [2.24, 2.45) is 0 Å². The minimum absolute atomic E-state index is 0.0772. The number of amides is 1. The zero-order valence-corrected chi connectivity index (χ0v) is 11.7. The normalized spacial score (nSPS) is 10.4. The summed E-state index contributed by atoms with van der Waals surface area (Å²) in [6.07, 6.45) is 1.62. The summed E-state index contributed by atoms with van der Waals surface area (Å²) >= 11 is 1.45. The minimum Gasteiger partial charge on any atom is -0.468 e. The molecule has 0 aliphatic rings. The van der Waals surface area contributed by atoms with Crippen molar-refractivity contribution in [2.75, 3.05) is 16.8 Å². The van der Waals surface area contributed by atoms with Crippen molar-refractivity contribution in [3.05, 3.63) is 41.9 Å². The van der Waals surface area contributed by atoms with Crippen molar-refractivity contribution >= 4 is 29.0 Å². The van der Waals surface area contributed by atoms with Crippen LogP contribution in [0.5, 0.6) is 0 Å². The van der Waals surface area contributed by atoms with Crippen LogP contribution in [-0.2, 0) is 4.79 Å². The van der Waals surface area contributed by atoms with Gasteiger partial charge in [-0.2, -0.15) is 0 Å². The van der Waals surface area contributed by atoms with E-state index in [2.05, 4.69) is 5.32 Å². The van der Waals surface area contributed by atoms with Crippen LogP contribution in [0.2, 0.25) is 0 Å². The molecule has 100 valence electrons. The Morgan fingerprint density at radius 1 is 1.37 bits per heavy atom. The predicted octanol–water partition coefficient (Wildman–Crippen LogP) is 3.21. The van der Waals surface area contributed by atoms with Gasteiger partial charge in [-0.1, -0.05) is 12.1 Å². The average molecular weight is 276 g/mol. The number of nitrogens with one attached hydrogen (secondary N) is 1. The maximum absolute atomic E-state index is 11.9. The topological polar surface area (TPSA) is 68.3 Å². The number of nitrogens with two attached hydrogens (primary N) is 1. The number of anilines is 2. The van der Waals surface area contributed by atoms with E-state index in [1.54, 1.807) is 12.3 Å². The largest absolute Gasteiger partial charge is 0.468 e. The number of hydrogen-bond donors (Lipinski definition) is 2. The fourth-order valence-corrected chi connectivity index (χ4v) is 2.46. The summed E-state index contributed by atoms with van der Waals surface area (Å²) in [7, 11) is 0. The molecule has 0 atom stereocenters. The van der Waals surface area contributed by atoms with E-state index < -0.39 is 0 Å². The molecule has 19 heavy (non-hydrogen) atoms. The number of aryl methyl sites for hydroxylation is 2. The van der Waals surface area contributed by atoms with E-state index >= 15 is 0 Å². The summed E-state index contributed by atoms with van der Waals surface area (Å²) in [5.74, 6) is 1.08. The Balaban J connectivity index is 1.97. The summed E-state index contributed by atoms with van der Waals surface area (Å²) in [6.45, 7) is 3.79. The molecule has 0 unspecified atom stereocenters. The molecule has 0 saturated heterocycles. The zero-order valence-electron chi connectivity index (χ0n) is 10.9. The smallest absolute Gasteiger partial charge is 0.234 e. The summed E-state index contributed by atoms with van der Waals surface area (Å²) in [6, 6.07) is 7.41. The van der Waals surface area contributed by atoms with Crippen molar-refractivity contribution in [2.45, 2.75) is 18.7 Å². The van der Waals surface area contributed by atoms with Gasteiger partial charge in [0.2, 0.25) is 5.91 Å². The van der Waals surface area contributed by atoms with Gasteiger partial charge in [-0.05, 0) is 31.5 Å². The van der Waals surface area contributed by atoms with Crippen LogP contribution < -0.4 is 11.1 Å². The molecule has 5 heteroatoms. The number of hydrogen-bond acceptors (Lipinski definition) is 4. The molecular formula is C14H16N2O2S. The molecule has 1 aromatic carbocycles. The van der Waals surface area contributed by atoms with Gasteiger partial charge in [0.05, 0.1) is 23.4 Å². The van der Waals surface area contributed by atoms with Gasteiger partial charge in [0.15, 0.2) is 0 Å². The van der Waals surface area contributed by atoms with Crippen LogP contribution in [-0.4, -0.2) is 11.7 Å². The first-order valence-electron chi connectivity index (χ1n) is 5.90. The molecule has 0 bridgehead atoms. The molecule has 0 saturated carbocycles. The highest BCUT2D eigenvalue weighted by molar-refractivity contribution is 8.00. The number of para-hydroxylation sites is 1. The number of thioether (sulfide) groups is 1. The lowest BCUT2D eigenvalue weighted by atomic mass is 10.1.